The highest BCUT2D eigenvalue weighted by molar-refractivity contribution is 6.30. The summed E-state index contributed by atoms with van der Waals surface area (Å²) in [6.45, 7) is 5.98. The zero-order chi connectivity index (χ0) is 30.1. The van der Waals surface area contributed by atoms with Crippen molar-refractivity contribution < 1.29 is 23.1 Å². The summed E-state index contributed by atoms with van der Waals surface area (Å²) in [7, 11) is 1.26. The number of benzene rings is 3. The van der Waals surface area contributed by atoms with E-state index in [9.17, 15) is 14.9 Å². The monoisotopic (exact) mass is 599 g/mol. The van der Waals surface area contributed by atoms with Crippen molar-refractivity contribution in [1.29, 1.82) is 5.26 Å². The molecule has 2 amide bonds. The number of nitrogens with zero attached hydrogens (tertiary/aromatic N) is 2. The lowest BCUT2D eigenvalue weighted by atomic mass is 9.63. The average molecular weight is 600 g/mol. The number of esters is 1. The molecule has 214 valence electrons. The number of rotatable bonds is 5. The summed E-state index contributed by atoms with van der Waals surface area (Å²) >= 11 is 12.1. The Hall–Kier alpha value is -3.67. The minimum absolute atomic E-state index is 0.0238. The maximum Gasteiger partial charge on any atom is 0.337 e. The van der Waals surface area contributed by atoms with Crippen LogP contribution in [0.1, 0.15) is 54.7 Å². The summed E-state index contributed by atoms with van der Waals surface area (Å²) in [5, 5.41) is 14.0. The van der Waals surface area contributed by atoms with Gasteiger partial charge in [0, 0.05) is 39.3 Å². The van der Waals surface area contributed by atoms with E-state index >= 15 is 8.78 Å². The molecule has 3 aromatic carbocycles. The van der Waals surface area contributed by atoms with Gasteiger partial charge in [-0.05, 0) is 60.4 Å². The Morgan fingerprint density at radius 1 is 1.05 bits per heavy atom. The van der Waals surface area contributed by atoms with Gasteiger partial charge in [-0.25, -0.2) is 18.4 Å². The molecule has 1 N–H and O–H groups in total. The molecular formula is C31H29Cl2F2N3O3. The molecule has 0 saturated carbocycles. The number of hydrogen-bond donors (Lipinski definition) is 1. The maximum absolute atomic E-state index is 15.7. The first-order valence-corrected chi connectivity index (χ1v) is 13.6. The van der Waals surface area contributed by atoms with Crippen LogP contribution in [0.25, 0.3) is 0 Å². The molecule has 0 bridgehead atoms. The molecule has 0 unspecified atom stereocenters. The average Bonchev–Trinajstić information content (AvgIpc) is 3.21. The van der Waals surface area contributed by atoms with Gasteiger partial charge >= 0.3 is 12.0 Å². The number of nitriles is 1. The van der Waals surface area contributed by atoms with Crippen LogP contribution < -0.4 is 5.32 Å². The number of carbonyl (C=O) groups is 2. The number of amides is 2. The molecule has 3 atom stereocenters. The van der Waals surface area contributed by atoms with Crippen LogP contribution in [-0.2, 0) is 10.2 Å². The molecule has 0 aliphatic carbocycles. The minimum Gasteiger partial charge on any atom is -0.465 e. The van der Waals surface area contributed by atoms with Crippen LogP contribution >= 0.6 is 23.2 Å². The van der Waals surface area contributed by atoms with Gasteiger partial charge in [0.15, 0.2) is 0 Å². The van der Waals surface area contributed by atoms with Crippen molar-refractivity contribution in [2.45, 2.75) is 38.6 Å². The van der Waals surface area contributed by atoms with Gasteiger partial charge in [-0.15, -0.1) is 0 Å². The topological polar surface area (TPSA) is 82.4 Å². The lowest BCUT2D eigenvalue weighted by molar-refractivity contribution is 0.0600. The third-order valence-corrected chi connectivity index (χ3v) is 7.77. The van der Waals surface area contributed by atoms with Gasteiger partial charge < -0.3 is 15.0 Å². The normalized spacial score (nSPS) is 20.4. The van der Waals surface area contributed by atoms with Crippen LogP contribution in [-0.4, -0.2) is 30.6 Å². The first-order valence-electron chi connectivity index (χ1n) is 12.9. The molecule has 0 radical (unpaired) electrons. The summed E-state index contributed by atoms with van der Waals surface area (Å²) < 4.78 is 36.0. The highest BCUT2D eigenvalue weighted by Crippen LogP contribution is 2.56. The molecule has 1 fully saturated rings. The molecule has 10 heteroatoms. The molecule has 0 aromatic heterocycles. The summed E-state index contributed by atoms with van der Waals surface area (Å²) in [6, 6.07) is 14.6. The smallest absolute Gasteiger partial charge is 0.337 e. The second-order valence-electron chi connectivity index (χ2n) is 11.3. The van der Waals surface area contributed by atoms with Crippen molar-refractivity contribution in [2.75, 3.05) is 19.0 Å². The molecule has 41 heavy (non-hydrogen) atoms. The number of halogens is 4. The van der Waals surface area contributed by atoms with Crippen molar-refractivity contribution in [3.8, 4) is 6.07 Å². The van der Waals surface area contributed by atoms with E-state index < -0.39 is 41.0 Å². The highest BCUT2D eigenvalue weighted by atomic mass is 35.5. The lowest BCUT2D eigenvalue weighted by Gasteiger charge is -2.38. The second kappa shape index (κ2) is 11.7. The van der Waals surface area contributed by atoms with Crippen molar-refractivity contribution >= 4 is 40.9 Å². The van der Waals surface area contributed by atoms with Crippen molar-refractivity contribution in [2.24, 2.45) is 11.3 Å². The first-order chi connectivity index (χ1) is 19.3. The Morgan fingerprint density at radius 3 is 2.20 bits per heavy atom. The molecule has 1 heterocycles. The van der Waals surface area contributed by atoms with Gasteiger partial charge in [0.1, 0.15) is 17.0 Å². The number of hydrogen-bond acceptors (Lipinski definition) is 4. The number of anilines is 1. The van der Waals surface area contributed by atoms with E-state index in [1.807, 2.05) is 20.8 Å². The number of ether oxygens (including phenoxy) is 1. The third-order valence-electron chi connectivity index (χ3n) is 7.30. The number of urea groups is 1. The maximum atomic E-state index is 15.7. The van der Waals surface area contributed by atoms with Crippen LogP contribution in [0.4, 0.5) is 19.3 Å². The van der Waals surface area contributed by atoms with Gasteiger partial charge in [-0.2, -0.15) is 5.26 Å². The third kappa shape index (κ3) is 6.02. The fourth-order valence-electron chi connectivity index (χ4n) is 5.66. The molecule has 3 aromatic rings. The van der Waals surface area contributed by atoms with E-state index in [4.69, 9.17) is 27.9 Å². The van der Waals surface area contributed by atoms with Crippen LogP contribution in [0.3, 0.4) is 0 Å². The second-order valence-corrected chi connectivity index (χ2v) is 12.2. The highest BCUT2D eigenvalue weighted by Gasteiger charge is 2.60. The molecule has 1 saturated heterocycles. The SMILES string of the molecule is COC(=O)c1ccc(NC(=O)N2C[C@@H](CC(C)(C)C)[C@](C#N)(c3ccc(Cl)cc3F)[C@H]2c2ccc(Cl)cc2F)cc1. The molecule has 1 aliphatic heterocycles. The summed E-state index contributed by atoms with van der Waals surface area (Å²) in [5.41, 5.74) is -1.30. The van der Waals surface area contributed by atoms with Gasteiger partial charge in [0.05, 0.1) is 24.8 Å². The van der Waals surface area contributed by atoms with E-state index in [1.54, 1.807) is 0 Å². The number of methoxy groups -OCH3 is 1. The van der Waals surface area contributed by atoms with Crippen LogP contribution in [0.5, 0.6) is 0 Å². The minimum atomic E-state index is -1.68. The summed E-state index contributed by atoms with van der Waals surface area (Å²) in [4.78, 5) is 27.1. The predicted octanol–water partition coefficient (Wildman–Crippen LogP) is 8.16. The van der Waals surface area contributed by atoms with E-state index in [0.29, 0.717) is 17.7 Å². The van der Waals surface area contributed by atoms with E-state index in [1.165, 1.54) is 60.5 Å². The zero-order valence-corrected chi connectivity index (χ0v) is 24.5. The van der Waals surface area contributed by atoms with Crippen molar-refractivity contribution in [1.82, 2.24) is 4.90 Å². The molecule has 1 aliphatic rings. The molecular weight excluding hydrogens is 571 g/mol. The predicted molar refractivity (Wildman–Crippen MR) is 154 cm³/mol. The number of carbonyl (C=O) groups excluding carboxylic acids is 2. The Kier molecular flexibility index (Phi) is 8.62. The Labute approximate surface area is 247 Å². The van der Waals surface area contributed by atoms with Crippen LogP contribution in [0.2, 0.25) is 10.0 Å². The fourth-order valence-corrected chi connectivity index (χ4v) is 5.98. The largest absolute Gasteiger partial charge is 0.465 e. The summed E-state index contributed by atoms with van der Waals surface area (Å²) in [6.07, 6.45) is 0.423. The zero-order valence-electron chi connectivity index (χ0n) is 23.0. The summed E-state index contributed by atoms with van der Waals surface area (Å²) in [5.74, 6) is -2.57. The standard InChI is InChI=1S/C31H29Cl2F2N3O3/c1-30(2,3)15-19-16-38(29(40)37-22-9-5-18(6-10-22)28(39)41-4)27(23-11-7-20(32)13-25(23)34)31(19,17-36)24-12-8-21(33)14-26(24)35/h5-14,19,27H,15-16H2,1-4H3,(H,37,40)/t19-,27-,31-/m1/s1. The van der Waals surface area contributed by atoms with Crippen LogP contribution in [0.15, 0.2) is 60.7 Å². The number of nitrogens with one attached hydrogen (secondary N) is 1. The van der Waals surface area contributed by atoms with Gasteiger partial charge in [0.25, 0.3) is 0 Å². The Morgan fingerprint density at radius 2 is 1.66 bits per heavy atom. The van der Waals surface area contributed by atoms with Gasteiger partial charge in [-0.3, -0.25) is 0 Å². The first kappa shape index (κ1) is 30.3. The van der Waals surface area contributed by atoms with Crippen molar-refractivity contribution in [3.05, 3.63) is 99.0 Å². The Bertz CT molecular complexity index is 1520. The van der Waals surface area contributed by atoms with Gasteiger partial charge in [0.2, 0.25) is 0 Å². The molecule has 4 rings (SSSR count). The Balaban J connectivity index is 1.89. The lowest BCUT2D eigenvalue weighted by Crippen LogP contribution is -2.42. The van der Waals surface area contributed by atoms with E-state index in [2.05, 4.69) is 11.4 Å². The quantitative estimate of drug-likeness (QED) is 0.300. The van der Waals surface area contributed by atoms with Crippen molar-refractivity contribution in [3.63, 3.8) is 0 Å². The fraction of sp³-hybridized carbons (Fsp3) is 0.323. The van der Waals surface area contributed by atoms with Crippen LogP contribution in [0, 0.1) is 34.3 Å². The van der Waals surface area contributed by atoms with E-state index in [-0.39, 0.29) is 33.1 Å². The number of likely N-dealkylation sites (tertiary alicyclic amines) is 1. The van der Waals surface area contributed by atoms with Gasteiger partial charge in [-0.1, -0.05) is 56.1 Å². The molecule has 6 nitrogen and oxygen atoms in total. The van der Waals surface area contributed by atoms with E-state index in [0.717, 1.165) is 12.1 Å². The molecule has 0 spiro atoms.